The number of rotatable bonds is 0. The van der Waals surface area contributed by atoms with Gasteiger partial charge in [0, 0.05) is 5.69 Å². The number of fused-ring (bicyclic) bond motifs is 1. The molecule has 4 heteroatoms. The summed E-state index contributed by atoms with van der Waals surface area (Å²) in [4.78, 5) is 12.2. The summed E-state index contributed by atoms with van der Waals surface area (Å²) >= 11 is 5.92. The normalized spacial score (nSPS) is 10.7. The molecule has 0 saturated carbocycles. The number of nitrogens with zero attached hydrogens (tertiary/aromatic N) is 3. The van der Waals surface area contributed by atoms with Gasteiger partial charge in [-0.15, -0.1) is 0 Å². The SMILES string of the molecule is Cc1cc(C)c2c(Cl)ncnc2n1. The van der Waals surface area contributed by atoms with Crippen molar-refractivity contribution in [3.05, 3.63) is 28.8 Å². The zero-order chi connectivity index (χ0) is 9.42. The average molecular weight is 194 g/mol. The molecule has 0 aliphatic rings. The fourth-order valence-corrected chi connectivity index (χ4v) is 1.64. The van der Waals surface area contributed by atoms with E-state index in [1.165, 1.54) is 6.33 Å². The van der Waals surface area contributed by atoms with Crippen LogP contribution in [0.5, 0.6) is 0 Å². The minimum absolute atomic E-state index is 0.468. The number of halogens is 1. The molecule has 0 unspecified atom stereocenters. The molecular weight excluding hydrogens is 186 g/mol. The molecule has 13 heavy (non-hydrogen) atoms. The van der Waals surface area contributed by atoms with Gasteiger partial charge < -0.3 is 0 Å². The highest BCUT2D eigenvalue weighted by Crippen LogP contribution is 2.21. The molecule has 0 amide bonds. The summed E-state index contributed by atoms with van der Waals surface area (Å²) in [6.07, 6.45) is 1.43. The lowest BCUT2D eigenvalue weighted by molar-refractivity contribution is 1.14. The van der Waals surface area contributed by atoms with E-state index in [0.717, 1.165) is 16.6 Å². The molecule has 2 rings (SSSR count). The van der Waals surface area contributed by atoms with E-state index in [0.29, 0.717) is 10.8 Å². The second-order valence-corrected chi connectivity index (χ2v) is 3.30. The van der Waals surface area contributed by atoms with Crippen molar-refractivity contribution in [1.82, 2.24) is 15.0 Å². The van der Waals surface area contributed by atoms with Gasteiger partial charge in [-0.1, -0.05) is 11.6 Å². The summed E-state index contributed by atoms with van der Waals surface area (Å²) in [5.74, 6) is 0. The number of hydrogen-bond acceptors (Lipinski definition) is 3. The van der Waals surface area contributed by atoms with E-state index in [1.54, 1.807) is 0 Å². The van der Waals surface area contributed by atoms with Crippen molar-refractivity contribution in [2.75, 3.05) is 0 Å². The van der Waals surface area contributed by atoms with Crippen molar-refractivity contribution >= 4 is 22.6 Å². The Morgan fingerprint density at radius 1 is 1.23 bits per heavy atom. The Morgan fingerprint density at radius 2 is 2.00 bits per heavy atom. The summed E-state index contributed by atoms with van der Waals surface area (Å²) < 4.78 is 0. The molecule has 0 aliphatic carbocycles. The first-order chi connectivity index (χ1) is 6.18. The molecule has 0 bridgehead atoms. The molecule has 0 atom stereocenters. The first kappa shape index (κ1) is 8.38. The molecule has 0 N–H and O–H groups in total. The van der Waals surface area contributed by atoms with E-state index in [1.807, 2.05) is 19.9 Å². The van der Waals surface area contributed by atoms with Crippen LogP contribution in [-0.4, -0.2) is 15.0 Å². The van der Waals surface area contributed by atoms with Gasteiger partial charge in [-0.2, -0.15) is 0 Å². The van der Waals surface area contributed by atoms with Gasteiger partial charge in [-0.3, -0.25) is 0 Å². The third-order valence-corrected chi connectivity index (χ3v) is 2.17. The van der Waals surface area contributed by atoms with E-state index in [9.17, 15) is 0 Å². The minimum Gasteiger partial charge on any atom is -0.233 e. The molecule has 0 saturated heterocycles. The zero-order valence-electron chi connectivity index (χ0n) is 7.37. The molecule has 2 aromatic rings. The summed E-state index contributed by atoms with van der Waals surface area (Å²) in [6.45, 7) is 3.91. The first-order valence-corrected chi connectivity index (χ1v) is 4.31. The highest BCUT2D eigenvalue weighted by molar-refractivity contribution is 6.34. The second-order valence-electron chi connectivity index (χ2n) is 2.94. The summed E-state index contributed by atoms with van der Waals surface area (Å²) in [6, 6.07) is 1.97. The van der Waals surface area contributed by atoms with Gasteiger partial charge in [0.1, 0.15) is 11.5 Å². The Morgan fingerprint density at radius 3 is 2.77 bits per heavy atom. The van der Waals surface area contributed by atoms with Crippen LogP contribution < -0.4 is 0 Å². The predicted octanol–water partition coefficient (Wildman–Crippen LogP) is 2.30. The van der Waals surface area contributed by atoms with Crippen LogP contribution in [0.1, 0.15) is 11.3 Å². The molecule has 66 valence electrons. The fraction of sp³-hybridized carbons (Fsp3) is 0.222. The van der Waals surface area contributed by atoms with Gasteiger partial charge in [0.05, 0.1) is 5.39 Å². The Bertz CT molecular complexity index is 468. The highest BCUT2D eigenvalue weighted by Gasteiger charge is 2.05. The van der Waals surface area contributed by atoms with E-state index in [2.05, 4.69) is 15.0 Å². The number of hydrogen-bond donors (Lipinski definition) is 0. The zero-order valence-corrected chi connectivity index (χ0v) is 8.13. The monoisotopic (exact) mass is 193 g/mol. The van der Waals surface area contributed by atoms with Crippen molar-refractivity contribution in [3.63, 3.8) is 0 Å². The third-order valence-electron chi connectivity index (χ3n) is 1.88. The van der Waals surface area contributed by atoms with Crippen molar-refractivity contribution in [2.24, 2.45) is 0 Å². The number of pyridine rings is 1. The largest absolute Gasteiger partial charge is 0.233 e. The molecule has 3 nitrogen and oxygen atoms in total. The lowest BCUT2D eigenvalue weighted by Gasteiger charge is -2.02. The molecule has 2 heterocycles. The van der Waals surface area contributed by atoms with Crippen molar-refractivity contribution < 1.29 is 0 Å². The topological polar surface area (TPSA) is 38.7 Å². The Kier molecular flexibility index (Phi) is 1.88. The van der Waals surface area contributed by atoms with Gasteiger partial charge in [0.2, 0.25) is 0 Å². The highest BCUT2D eigenvalue weighted by atomic mass is 35.5. The van der Waals surface area contributed by atoms with Crippen LogP contribution in [0, 0.1) is 13.8 Å². The third kappa shape index (κ3) is 1.35. The molecule has 0 radical (unpaired) electrons. The second kappa shape index (κ2) is 2.92. The standard InChI is InChI=1S/C9H8ClN3/c1-5-3-6(2)13-9-7(5)8(10)11-4-12-9/h3-4H,1-2H3. The Hall–Kier alpha value is -1.22. The van der Waals surface area contributed by atoms with Crippen LogP contribution in [0.4, 0.5) is 0 Å². The molecule has 0 aliphatic heterocycles. The van der Waals surface area contributed by atoms with E-state index in [-0.39, 0.29) is 0 Å². The maximum atomic E-state index is 5.92. The minimum atomic E-state index is 0.468. The van der Waals surface area contributed by atoms with E-state index >= 15 is 0 Å². The summed E-state index contributed by atoms with van der Waals surface area (Å²) in [7, 11) is 0. The van der Waals surface area contributed by atoms with Gasteiger partial charge >= 0.3 is 0 Å². The Balaban J connectivity index is 2.94. The predicted molar refractivity (Wildman–Crippen MR) is 51.8 cm³/mol. The van der Waals surface area contributed by atoms with Crippen LogP contribution in [-0.2, 0) is 0 Å². The van der Waals surface area contributed by atoms with E-state index < -0.39 is 0 Å². The average Bonchev–Trinajstić information content (AvgIpc) is 2.02. The molecule has 0 aromatic carbocycles. The number of aromatic nitrogens is 3. The maximum absolute atomic E-state index is 5.92. The van der Waals surface area contributed by atoms with Crippen LogP contribution in [0.3, 0.4) is 0 Å². The fourth-order valence-electron chi connectivity index (χ4n) is 1.36. The maximum Gasteiger partial charge on any atom is 0.164 e. The lowest BCUT2D eigenvalue weighted by atomic mass is 10.2. The molecular formula is C9H8ClN3. The lowest BCUT2D eigenvalue weighted by Crippen LogP contribution is -1.92. The molecule has 0 fully saturated rings. The van der Waals surface area contributed by atoms with Crippen LogP contribution in [0.15, 0.2) is 12.4 Å². The first-order valence-electron chi connectivity index (χ1n) is 3.93. The Labute approximate surface area is 80.8 Å². The van der Waals surface area contributed by atoms with Crippen molar-refractivity contribution in [1.29, 1.82) is 0 Å². The van der Waals surface area contributed by atoms with Crippen LogP contribution in [0.2, 0.25) is 5.15 Å². The number of aryl methyl sites for hydroxylation is 2. The van der Waals surface area contributed by atoms with Gasteiger partial charge in [-0.25, -0.2) is 15.0 Å². The summed E-state index contributed by atoms with van der Waals surface area (Å²) in [5.41, 5.74) is 2.67. The molecule has 0 spiro atoms. The van der Waals surface area contributed by atoms with Gasteiger partial charge in [-0.05, 0) is 25.5 Å². The van der Waals surface area contributed by atoms with E-state index in [4.69, 9.17) is 11.6 Å². The smallest absolute Gasteiger partial charge is 0.164 e. The van der Waals surface area contributed by atoms with Crippen molar-refractivity contribution in [2.45, 2.75) is 13.8 Å². The summed E-state index contributed by atoms with van der Waals surface area (Å²) in [5, 5.41) is 1.31. The van der Waals surface area contributed by atoms with Gasteiger partial charge in [0.25, 0.3) is 0 Å². The van der Waals surface area contributed by atoms with Crippen LogP contribution in [0.25, 0.3) is 11.0 Å². The quantitative estimate of drug-likeness (QED) is 0.603. The van der Waals surface area contributed by atoms with Crippen LogP contribution >= 0.6 is 11.6 Å². The van der Waals surface area contributed by atoms with Gasteiger partial charge in [0.15, 0.2) is 5.65 Å². The molecule has 2 aromatic heterocycles. The van der Waals surface area contributed by atoms with Crippen molar-refractivity contribution in [3.8, 4) is 0 Å².